The molecule has 22 heavy (non-hydrogen) atoms. The van der Waals surface area contributed by atoms with Crippen molar-refractivity contribution in [2.24, 2.45) is 0 Å². The van der Waals surface area contributed by atoms with Crippen molar-refractivity contribution in [3.63, 3.8) is 0 Å². The first-order valence-corrected chi connectivity index (χ1v) is 7.55. The molecule has 1 aromatic carbocycles. The predicted molar refractivity (Wildman–Crippen MR) is 84.3 cm³/mol. The highest BCUT2D eigenvalue weighted by Gasteiger charge is 2.34. The third kappa shape index (κ3) is 4.74. The second-order valence-corrected chi connectivity index (χ2v) is 6.62. The highest BCUT2D eigenvalue weighted by Crippen LogP contribution is 2.16. The van der Waals surface area contributed by atoms with Gasteiger partial charge in [-0.15, -0.1) is 0 Å². The van der Waals surface area contributed by atoms with Gasteiger partial charge >= 0.3 is 6.09 Å². The molecule has 1 saturated heterocycles. The first kappa shape index (κ1) is 16.3. The SMILES string of the molecule is CC(C)(C)OC(=O)N1CC(NC(C#N)Cc2ccccc2)C1. The van der Waals surface area contributed by atoms with Crippen LogP contribution in [0.4, 0.5) is 4.79 Å². The summed E-state index contributed by atoms with van der Waals surface area (Å²) < 4.78 is 5.31. The third-order valence-electron chi connectivity index (χ3n) is 3.41. The summed E-state index contributed by atoms with van der Waals surface area (Å²) in [5, 5.41) is 12.6. The first-order chi connectivity index (χ1) is 10.4. The molecule has 1 atom stereocenters. The molecule has 5 nitrogen and oxygen atoms in total. The van der Waals surface area contributed by atoms with Crippen LogP contribution in [-0.4, -0.2) is 41.8 Å². The van der Waals surface area contributed by atoms with Gasteiger partial charge in [0.2, 0.25) is 0 Å². The minimum Gasteiger partial charge on any atom is -0.444 e. The van der Waals surface area contributed by atoms with Gasteiger partial charge in [-0.1, -0.05) is 30.3 Å². The number of hydrogen-bond donors (Lipinski definition) is 1. The smallest absolute Gasteiger partial charge is 0.410 e. The minimum atomic E-state index is -0.474. The average Bonchev–Trinajstić information content (AvgIpc) is 2.40. The van der Waals surface area contributed by atoms with Gasteiger partial charge < -0.3 is 9.64 Å². The van der Waals surface area contributed by atoms with E-state index in [9.17, 15) is 10.1 Å². The standard InChI is InChI=1S/C17H23N3O2/c1-17(2,3)22-16(21)20-11-15(12-20)19-14(10-18)9-13-7-5-4-6-8-13/h4-8,14-15,19H,9,11-12H2,1-3H3. The van der Waals surface area contributed by atoms with Crippen LogP contribution in [0.3, 0.4) is 0 Å². The number of hydrogen-bond acceptors (Lipinski definition) is 4. The molecule has 0 aliphatic carbocycles. The number of nitriles is 1. The summed E-state index contributed by atoms with van der Waals surface area (Å²) >= 11 is 0. The van der Waals surface area contributed by atoms with Gasteiger partial charge in [-0.05, 0) is 26.3 Å². The van der Waals surface area contributed by atoms with E-state index in [1.165, 1.54) is 0 Å². The Morgan fingerprint density at radius 3 is 2.59 bits per heavy atom. The first-order valence-electron chi connectivity index (χ1n) is 7.55. The van der Waals surface area contributed by atoms with Crippen molar-refractivity contribution >= 4 is 6.09 Å². The molecule has 1 amide bonds. The summed E-state index contributed by atoms with van der Waals surface area (Å²) in [6.45, 7) is 6.73. The van der Waals surface area contributed by atoms with Gasteiger partial charge in [-0.2, -0.15) is 5.26 Å². The Morgan fingerprint density at radius 1 is 1.41 bits per heavy atom. The second kappa shape index (κ2) is 6.80. The Balaban J connectivity index is 1.76. The lowest BCUT2D eigenvalue weighted by Crippen LogP contribution is -2.62. The summed E-state index contributed by atoms with van der Waals surface area (Å²) in [4.78, 5) is 13.5. The molecule has 1 aromatic rings. The van der Waals surface area contributed by atoms with Crippen LogP contribution in [0.25, 0.3) is 0 Å². The zero-order chi connectivity index (χ0) is 16.2. The fourth-order valence-electron chi connectivity index (χ4n) is 2.34. The van der Waals surface area contributed by atoms with Crippen LogP contribution in [0.1, 0.15) is 26.3 Å². The molecule has 1 unspecified atom stereocenters. The molecule has 2 rings (SSSR count). The summed E-state index contributed by atoms with van der Waals surface area (Å²) in [6.07, 6.45) is 0.377. The number of ether oxygens (including phenoxy) is 1. The topological polar surface area (TPSA) is 65.4 Å². The van der Waals surface area contributed by atoms with E-state index in [1.807, 2.05) is 51.1 Å². The Labute approximate surface area is 131 Å². The molecule has 118 valence electrons. The highest BCUT2D eigenvalue weighted by molar-refractivity contribution is 5.69. The lowest BCUT2D eigenvalue weighted by molar-refractivity contribution is 0.00476. The Morgan fingerprint density at radius 2 is 2.05 bits per heavy atom. The molecule has 1 N–H and O–H groups in total. The number of likely N-dealkylation sites (tertiary alicyclic amines) is 1. The molecule has 0 saturated carbocycles. The van der Waals surface area contributed by atoms with E-state index in [0.717, 1.165) is 5.56 Å². The number of amides is 1. The maximum absolute atomic E-state index is 11.8. The number of carbonyl (C=O) groups is 1. The number of nitrogens with zero attached hydrogens (tertiary/aromatic N) is 2. The van der Waals surface area contributed by atoms with Gasteiger partial charge in [0.1, 0.15) is 5.60 Å². The highest BCUT2D eigenvalue weighted by atomic mass is 16.6. The van der Waals surface area contributed by atoms with Gasteiger partial charge in [-0.25, -0.2) is 4.79 Å². The Hall–Kier alpha value is -2.06. The van der Waals surface area contributed by atoms with Gasteiger partial charge in [0, 0.05) is 25.6 Å². The van der Waals surface area contributed by atoms with Crippen molar-refractivity contribution in [3.05, 3.63) is 35.9 Å². The number of carbonyl (C=O) groups excluding carboxylic acids is 1. The van der Waals surface area contributed by atoms with Crippen molar-refractivity contribution in [3.8, 4) is 6.07 Å². The Kier molecular flexibility index (Phi) is 5.04. The predicted octanol–water partition coefficient (Wildman–Crippen LogP) is 2.33. The van der Waals surface area contributed by atoms with E-state index >= 15 is 0 Å². The maximum atomic E-state index is 11.8. The molecule has 1 aliphatic heterocycles. The Bertz CT molecular complexity index is 539. The van der Waals surface area contributed by atoms with Crippen LogP contribution in [0.15, 0.2) is 30.3 Å². The number of nitrogens with one attached hydrogen (secondary N) is 1. The normalized spacial score (nSPS) is 16.5. The van der Waals surface area contributed by atoms with Crippen molar-refractivity contribution in [2.45, 2.75) is 44.9 Å². The largest absolute Gasteiger partial charge is 0.444 e. The fourth-order valence-corrected chi connectivity index (χ4v) is 2.34. The van der Waals surface area contributed by atoms with Gasteiger partial charge in [0.25, 0.3) is 0 Å². The van der Waals surface area contributed by atoms with Crippen LogP contribution >= 0.6 is 0 Å². The van der Waals surface area contributed by atoms with E-state index in [2.05, 4.69) is 11.4 Å². The molecule has 1 heterocycles. The summed E-state index contributed by atoms with van der Waals surface area (Å²) in [7, 11) is 0. The molecule has 5 heteroatoms. The number of benzene rings is 1. The van der Waals surface area contributed by atoms with Gasteiger partial charge in [0.05, 0.1) is 12.1 Å². The molecule has 1 aliphatic rings. The van der Waals surface area contributed by atoms with E-state index in [0.29, 0.717) is 19.5 Å². The molecular formula is C17H23N3O2. The molecule has 0 spiro atoms. The molecule has 0 bridgehead atoms. The zero-order valence-corrected chi connectivity index (χ0v) is 13.4. The van der Waals surface area contributed by atoms with E-state index in [1.54, 1.807) is 4.90 Å². The summed E-state index contributed by atoms with van der Waals surface area (Å²) in [6, 6.07) is 12.1. The number of rotatable bonds is 4. The van der Waals surface area contributed by atoms with Crippen LogP contribution in [-0.2, 0) is 11.2 Å². The van der Waals surface area contributed by atoms with E-state index in [4.69, 9.17) is 4.74 Å². The molecule has 0 aromatic heterocycles. The van der Waals surface area contributed by atoms with Crippen molar-refractivity contribution in [2.75, 3.05) is 13.1 Å². The van der Waals surface area contributed by atoms with Crippen LogP contribution < -0.4 is 5.32 Å². The van der Waals surface area contributed by atoms with Crippen molar-refractivity contribution in [1.82, 2.24) is 10.2 Å². The maximum Gasteiger partial charge on any atom is 0.410 e. The van der Waals surface area contributed by atoms with Crippen LogP contribution in [0.5, 0.6) is 0 Å². The van der Waals surface area contributed by atoms with Crippen LogP contribution in [0, 0.1) is 11.3 Å². The quantitative estimate of drug-likeness (QED) is 0.927. The second-order valence-electron chi connectivity index (χ2n) is 6.62. The lowest BCUT2D eigenvalue weighted by atomic mass is 10.0. The molecular weight excluding hydrogens is 278 g/mol. The van der Waals surface area contributed by atoms with E-state index < -0.39 is 5.60 Å². The summed E-state index contributed by atoms with van der Waals surface area (Å²) in [5.74, 6) is 0. The van der Waals surface area contributed by atoms with Gasteiger partial charge in [-0.3, -0.25) is 5.32 Å². The molecule has 0 radical (unpaired) electrons. The van der Waals surface area contributed by atoms with Gasteiger partial charge in [0.15, 0.2) is 0 Å². The average molecular weight is 301 g/mol. The fraction of sp³-hybridized carbons (Fsp3) is 0.529. The monoisotopic (exact) mass is 301 g/mol. The van der Waals surface area contributed by atoms with Crippen molar-refractivity contribution < 1.29 is 9.53 Å². The lowest BCUT2D eigenvalue weighted by Gasteiger charge is -2.41. The molecule has 1 fully saturated rings. The third-order valence-corrected chi connectivity index (χ3v) is 3.41. The zero-order valence-electron chi connectivity index (χ0n) is 13.4. The summed E-state index contributed by atoms with van der Waals surface area (Å²) in [5.41, 5.74) is 0.655. The van der Waals surface area contributed by atoms with Crippen molar-refractivity contribution in [1.29, 1.82) is 5.26 Å². The van der Waals surface area contributed by atoms with E-state index in [-0.39, 0.29) is 18.2 Å². The van der Waals surface area contributed by atoms with Crippen LogP contribution in [0.2, 0.25) is 0 Å². The minimum absolute atomic E-state index is 0.154.